The second kappa shape index (κ2) is 1.77. The highest BCUT2D eigenvalue weighted by Gasteiger charge is 2.47. The summed E-state index contributed by atoms with van der Waals surface area (Å²) in [6.07, 6.45) is 4.23. The van der Waals surface area contributed by atoms with E-state index in [1.54, 1.807) is 6.20 Å². The zero-order chi connectivity index (χ0) is 8.18. The number of imidazole rings is 1. The van der Waals surface area contributed by atoms with E-state index in [4.69, 9.17) is 0 Å². The van der Waals surface area contributed by atoms with Crippen molar-refractivity contribution in [3.63, 3.8) is 0 Å². The van der Waals surface area contributed by atoms with Crippen LogP contribution in [0.25, 0.3) is 0 Å². The zero-order valence-electron chi connectivity index (χ0n) is 6.58. The van der Waals surface area contributed by atoms with Crippen LogP contribution in [0.3, 0.4) is 0 Å². The predicted octanol–water partition coefficient (Wildman–Crippen LogP) is -0.232. The number of rotatable bonds is 0. The van der Waals surface area contributed by atoms with Crippen LogP contribution >= 0.6 is 0 Å². The van der Waals surface area contributed by atoms with Crippen molar-refractivity contribution in [3.05, 3.63) is 18.2 Å². The molecule has 0 amide bonds. The summed E-state index contributed by atoms with van der Waals surface area (Å²) < 4.78 is 2.02. The van der Waals surface area contributed by atoms with Crippen LogP contribution in [0.1, 0.15) is 17.0 Å². The first kappa shape index (κ1) is 6.37. The molecule has 0 radical (unpaired) electrons. The number of hydrogen-bond donors (Lipinski definition) is 1. The number of fused-ring (bicyclic) bond motifs is 2. The van der Waals surface area contributed by atoms with Crippen molar-refractivity contribution < 1.29 is 4.79 Å². The lowest BCUT2D eigenvalue weighted by atomic mass is 9.90. The van der Waals surface area contributed by atoms with Gasteiger partial charge in [-0.05, 0) is 0 Å². The van der Waals surface area contributed by atoms with E-state index in [2.05, 4.69) is 10.3 Å². The largest absolute Gasteiger partial charge is 0.319 e. The molecule has 12 heavy (non-hydrogen) atoms. The van der Waals surface area contributed by atoms with Crippen LogP contribution in [0, 0.1) is 0 Å². The minimum absolute atomic E-state index is 0.0446. The number of nitrogens with one attached hydrogen (secondary N) is 1. The normalized spacial score (nSPS) is 24.2. The molecule has 0 bridgehead atoms. The van der Waals surface area contributed by atoms with Crippen LogP contribution in [-0.2, 0) is 5.54 Å². The molecule has 0 unspecified atom stereocenters. The lowest BCUT2D eigenvalue weighted by molar-refractivity contribution is 0.0937. The highest BCUT2D eigenvalue weighted by Crippen LogP contribution is 2.34. The Morgan fingerprint density at radius 1 is 1.58 bits per heavy atom. The third kappa shape index (κ3) is 0.536. The average Bonchev–Trinajstić information content (AvgIpc) is 2.49. The van der Waals surface area contributed by atoms with Gasteiger partial charge in [0.15, 0.2) is 5.82 Å². The van der Waals surface area contributed by atoms with Gasteiger partial charge in [-0.15, -0.1) is 0 Å². The minimum atomic E-state index is 0.0446. The molecular weight excluding hydrogens is 154 g/mol. The third-order valence-corrected chi connectivity index (χ3v) is 2.80. The molecule has 4 heteroatoms. The number of ketones is 1. The maximum atomic E-state index is 11.4. The molecular formula is C8H9N3O. The second-order valence-corrected chi connectivity index (χ2v) is 3.55. The summed E-state index contributed by atoms with van der Waals surface area (Å²) in [4.78, 5) is 15.5. The zero-order valence-corrected chi connectivity index (χ0v) is 6.58. The van der Waals surface area contributed by atoms with Gasteiger partial charge in [0.2, 0.25) is 5.78 Å². The van der Waals surface area contributed by atoms with E-state index in [9.17, 15) is 4.79 Å². The summed E-state index contributed by atoms with van der Waals surface area (Å²) in [5.74, 6) is 0.818. The number of hydrogen-bond acceptors (Lipinski definition) is 3. The lowest BCUT2D eigenvalue weighted by Crippen LogP contribution is -2.58. The highest BCUT2D eigenvalue weighted by molar-refractivity contribution is 5.96. The second-order valence-electron chi connectivity index (χ2n) is 3.55. The molecule has 0 aliphatic carbocycles. The van der Waals surface area contributed by atoms with Crippen LogP contribution < -0.4 is 5.32 Å². The van der Waals surface area contributed by atoms with Gasteiger partial charge >= 0.3 is 0 Å². The smallest absolute Gasteiger partial charge is 0.200 e. The molecule has 0 aromatic carbocycles. The van der Waals surface area contributed by atoms with Crippen molar-refractivity contribution in [2.45, 2.75) is 12.0 Å². The predicted molar refractivity (Wildman–Crippen MR) is 42.0 cm³/mol. The van der Waals surface area contributed by atoms with E-state index >= 15 is 0 Å². The van der Waals surface area contributed by atoms with Crippen molar-refractivity contribution >= 4 is 5.78 Å². The van der Waals surface area contributed by atoms with E-state index in [-0.39, 0.29) is 11.3 Å². The number of nitrogens with zero attached hydrogens (tertiary/aromatic N) is 2. The molecule has 1 fully saturated rings. The monoisotopic (exact) mass is 163 g/mol. The lowest BCUT2D eigenvalue weighted by Gasteiger charge is -2.39. The summed E-state index contributed by atoms with van der Waals surface area (Å²) >= 11 is 0. The first-order valence-electron chi connectivity index (χ1n) is 4.10. The maximum absolute atomic E-state index is 11.4. The van der Waals surface area contributed by atoms with Gasteiger partial charge < -0.3 is 9.88 Å². The molecule has 0 atom stereocenters. The van der Waals surface area contributed by atoms with Gasteiger partial charge in [0.05, 0.1) is 5.54 Å². The highest BCUT2D eigenvalue weighted by atomic mass is 16.1. The third-order valence-electron chi connectivity index (χ3n) is 2.80. The topological polar surface area (TPSA) is 46.9 Å². The maximum Gasteiger partial charge on any atom is 0.200 e. The molecule has 1 N–H and O–H groups in total. The van der Waals surface area contributed by atoms with Crippen molar-refractivity contribution in [1.82, 2.24) is 14.9 Å². The molecule has 1 aromatic heterocycles. The van der Waals surface area contributed by atoms with Gasteiger partial charge in [-0.25, -0.2) is 4.98 Å². The van der Waals surface area contributed by atoms with Crippen LogP contribution in [0.15, 0.2) is 12.4 Å². The fraction of sp³-hybridized carbons (Fsp3) is 0.500. The van der Waals surface area contributed by atoms with E-state index < -0.39 is 0 Å². The van der Waals surface area contributed by atoms with Gasteiger partial charge in [0.1, 0.15) is 0 Å². The quantitative estimate of drug-likeness (QED) is 0.574. The Morgan fingerprint density at radius 2 is 2.42 bits per heavy atom. The Morgan fingerprint density at radius 3 is 3.08 bits per heavy atom. The first-order chi connectivity index (χ1) is 5.82. The van der Waals surface area contributed by atoms with Crippen molar-refractivity contribution in [2.24, 2.45) is 0 Å². The minimum Gasteiger partial charge on any atom is -0.319 e. The molecule has 3 rings (SSSR count). The van der Waals surface area contributed by atoms with Crippen LogP contribution in [0.2, 0.25) is 0 Å². The number of carbonyl (C=O) groups is 1. The van der Waals surface area contributed by atoms with Crippen molar-refractivity contribution in [2.75, 3.05) is 13.1 Å². The fourth-order valence-corrected chi connectivity index (χ4v) is 2.06. The summed E-state index contributed by atoms with van der Waals surface area (Å²) in [7, 11) is 0. The fourth-order valence-electron chi connectivity index (χ4n) is 2.06. The van der Waals surface area contributed by atoms with E-state index in [0.717, 1.165) is 13.1 Å². The van der Waals surface area contributed by atoms with Crippen molar-refractivity contribution in [1.29, 1.82) is 0 Å². The summed E-state index contributed by atoms with van der Waals surface area (Å²) in [5, 5.41) is 3.19. The Kier molecular flexibility index (Phi) is 0.939. The summed E-state index contributed by atoms with van der Waals surface area (Å²) in [6.45, 7) is 1.81. The molecule has 1 aromatic rings. The van der Waals surface area contributed by atoms with Gasteiger partial charge in [-0.2, -0.15) is 0 Å². The molecule has 0 saturated carbocycles. The van der Waals surface area contributed by atoms with E-state index in [1.165, 1.54) is 0 Å². The number of carbonyl (C=O) groups excluding carboxylic acids is 1. The number of Topliss-reactive ketones (excluding diaryl/α,β-unsaturated/α-hetero) is 1. The molecule has 62 valence electrons. The number of aromatic nitrogens is 2. The summed E-state index contributed by atoms with van der Waals surface area (Å²) in [5.41, 5.74) is 0.0446. The Labute approximate surface area is 69.6 Å². The molecule has 1 saturated heterocycles. The van der Waals surface area contributed by atoms with Crippen LogP contribution in [-0.4, -0.2) is 28.4 Å². The van der Waals surface area contributed by atoms with Gasteiger partial charge in [0, 0.05) is 31.9 Å². The molecule has 4 nitrogen and oxygen atoms in total. The molecule has 2 aliphatic heterocycles. The van der Waals surface area contributed by atoms with E-state index in [0.29, 0.717) is 12.2 Å². The molecule has 2 aliphatic rings. The van der Waals surface area contributed by atoms with Gasteiger partial charge in [-0.3, -0.25) is 4.79 Å². The standard InChI is InChI=1S/C8H9N3O/c12-6-3-8(4-9-5-8)11-2-1-10-7(6)11/h1-2,9H,3-5H2. The van der Waals surface area contributed by atoms with Gasteiger partial charge in [0.25, 0.3) is 0 Å². The Bertz CT molecular complexity index is 351. The van der Waals surface area contributed by atoms with Crippen LogP contribution in [0.4, 0.5) is 0 Å². The Balaban J connectivity index is 2.19. The molecule has 1 spiro atoms. The summed E-state index contributed by atoms with van der Waals surface area (Å²) in [6, 6.07) is 0. The molecule has 3 heterocycles. The van der Waals surface area contributed by atoms with Crippen LogP contribution in [0.5, 0.6) is 0 Å². The first-order valence-corrected chi connectivity index (χ1v) is 4.10. The average molecular weight is 163 g/mol. The van der Waals surface area contributed by atoms with Gasteiger partial charge in [-0.1, -0.05) is 0 Å². The SMILES string of the molecule is O=C1CC2(CNC2)n2ccnc21. The van der Waals surface area contributed by atoms with Crippen molar-refractivity contribution in [3.8, 4) is 0 Å². The van der Waals surface area contributed by atoms with E-state index in [1.807, 2.05) is 10.8 Å². The Hall–Kier alpha value is -1.16.